The number of aromatic nitrogens is 2. The molecule has 4 heterocycles. The van der Waals surface area contributed by atoms with Crippen molar-refractivity contribution in [1.82, 2.24) is 15.5 Å². The van der Waals surface area contributed by atoms with Gasteiger partial charge in [0.25, 0.3) is 0 Å². The summed E-state index contributed by atoms with van der Waals surface area (Å²) in [6.07, 6.45) is 5.33. The van der Waals surface area contributed by atoms with Gasteiger partial charge in [-0.15, -0.1) is 0 Å². The minimum atomic E-state index is 0.340. The van der Waals surface area contributed by atoms with Gasteiger partial charge in [-0.05, 0) is 32.2 Å². The molecular formula is C12H17N3O2. The summed E-state index contributed by atoms with van der Waals surface area (Å²) in [4.78, 5) is 4.60. The lowest BCUT2D eigenvalue weighted by atomic mass is 9.89. The molecule has 0 spiro atoms. The van der Waals surface area contributed by atoms with E-state index in [1.165, 1.54) is 6.42 Å². The molecular weight excluding hydrogens is 218 g/mol. The molecule has 4 atom stereocenters. The van der Waals surface area contributed by atoms with E-state index in [-0.39, 0.29) is 0 Å². The molecule has 3 fully saturated rings. The maximum absolute atomic E-state index is 5.84. The Hall–Kier alpha value is -0.940. The van der Waals surface area contributed by atoms with Crippen LogP contribution in [0.2, 0.25) is 0 Å². The van der Waals surface area contributed by atoms with Gasteiger partial charge < -0.3 is 14.6 Å². The lowest BCUT2D eigenvalue weighted by Crippen LogP contribution is -2.15. The fourth-order valence-electron chi connectivity index (χ4n) is 3.34. The van der Waals surface area contributed by atoms with E-state index in [2.05, 4.69) is 15.5 Å². The summed E-state index contributed by atoms with van der Waals surface area (Å²) in [6.45, 7) is 2.02. The first kappa shape index (κ1) is 10.0. The van der Waals surface area contributed by atoms with Crippen LogP contribution < -0.4 is 5.32 Å². The maximum Gasteiger partial charge on any atom is 0.231 e. The van der Waals surface area contributed by atoms with Gasteiger partial charge in [-0.3, -0.25) is 0 Å². The van der Waals surface area contributed by atoms with Gasteiger partial charge >= 0.3 is 0 Å². The van der Waals surface area contributed by atoms with E-state index in [0.29, 0.717) is 24.0 Å². The predicted octanol–water partition coefficient (Wildman–Crippen LogP) is 1.18. The number of ether oxygens (including phenoxy) is 1. The smallest absolute Gasteiger partial charge is 0.231 e. The third-order valence-electron chi connectivity index (χ3n) is 4.30. The molecule has 1 aromatic rings. The summed E-state index contributed by atoms with van der Waals surface area (Å²) in [6, 6.07) is 0. The van der Waals surface area contributed by atoms with Crippen molar-refractivity contribution < 1.29 is 9.26 Å². The molecule has 3 aliphatic heterocycles. The Bertz CT molecular complexity index is 414. The van der Waals surface area contributed by atoms with Gasteiger partial charge in [0.15, 0.2) is 5.82 Å². The largest absolute Gasteiger partial charge is 0.374 e. The van der Waals surface area contributed by atoms with Crippen LogP contribution in [0.4, 0.5) is 0 Å². The Morgan fingerprint density at radius 1 is 1.24 bits per heavy atom. The Labute approximate surface area is 99.9 Å². The molecule has 1 N–H and O–H groups in total. The van der Waals surface area contributed by atoms with Gasteiger partial charge in [-0.25, -0.2) is 0 Å². The highest BCUT2D eigenvalue weighted by molar-refractivity contribution is 5.08. The third kappa shape index (κ3) is 1.60. The minimum absolute atomic E-state index is 0.340. The summed E-state index contributed by atoms with van der Waals surface area (Å²) in [5, 5.41) is 7.49. The van der Waals surface area contributed by atoms with E-state index in [4.69, 9.17) is 9.26 Å². The van der Waals surface area contributed by atoms with Gasteiger partial charge in [0.1, 0.15) is 0 Å². The van der Waals surface area contributed by atoms with Gasteiger partial charge in [0, 0.05) is 6.54 Å². The average molecular weight is 235 g/mol. The summed E-state index contributed by atoms with van der Waals surface area (Å²) in [5.41, 5.74) is 0. The van der Waals surface area contributed by atoms with Crippen LogP contribution >= 0.6 is 0 Å². The van der Waals surface area contributed by atoms with E-state index < -0.39 is 0 Å². The molecule has 92 valence electrons. The van der Waals surface area contributed by atoms with E-state index in [0.717, 1.165) is 44.1 Å². The van der Waals surface area contributed by atoms with Crippen molar-refractivity contribution in [1.29, 1.82) is 0 Å². The van der Waals surface area contributed by atoms with Gasteiger partial charge in [-0.1, -0.05) is 5.16 Å². The Kier molecular flexibility index (Phi) is 2.23. The molecule has 4 unspecified atom stereocenters. The van der Waals surface area contributed by atoms with Gasteiger partial charge in [0.2, 0.25) is 5.89 Å². The van der Waals surface area contributed by atoms with Crippen molar-refractivity contribution >= 4 is 0 Å². The van der Waals surface area contributed by atoms with Crippen LogP contribution in [0.25, 0.3) is 0 Å². The van der Waals surface area contributed by atoms with E-state index in [1.807, 2.05) is 0 Å². The molecule has 0 aliphatic carbocycles. The Morgan fingerprint density at radius 2 is 2.24 bits per heavy atom. The van der Waals surface area contributed by atoms with Crippen LogP contribution in [0.5, 0.6) is 0 Å². The molecule has 0 radical (unpaired) electrons. The first-order chi connectivity index (χ1) is 8.40. The van der Waals surface area contributed by atoms with Crippen LogP contribution in [0.3, 0.4) is 0 Å². The zero-order chi connectivity index (χ0) is 11.2. The lowest BCUT2D eigenvalue weighted by molar-refractivity contribution is 0.0996. The average Bonchev–Trinajstić information content (AvgIpc) is 3.12. The fraction of sp³-hybridized carbons (Fsp3) is 0.833. The minimum Gasteiger partial charge on any atom is -0.374 e. The van der Waals surface area contributed by atoms with Crippen LogP contribution in [0.1, 0.15) is 49.2 Å². The number of rotatable bonds is 2. The molecule has 5 heteroatoms. The maximum atomic E-state index is 5.84. The zero-order valence-corrected chi connectivity index (χ0v) is 9.76. The van der Waals surface area contributed by atoms with Gasteiger partial charge in [0.05, 0.1) is 24.0 Å². The van der Waals surface area contributed by atoms with Crippen molar-refractivity contribution in [2.75, 3.05) is 13.1 Å². The standard InChI is InChI=1S/C12H17N3O2/c1-2-10-9(5-8(1)16-10)11-14-12(17-15-11)7-3-4-13-6-7/h7-10,13H,1-6H2. The number of hydrogen-bond acceptors (Lipinski definition) is 5. The topological polar surface area (TPSA) is 60.2 Å². The number of nitrogens with one attached hydrogen (secondary N) is 1. The van der Waals surface area contributed by atoms with Crippen molar-refractivity contribution in [2.24, 2.45) is 0 Å². The predicted molar refractivity (Wildman–Crippen MR) is 59.8 cm³/mol. The highest BCUT2D eigenvalue weighted by Gasteiger charge is 2.43. The molecule has 4 rings (SSSR count). The Balaban J connectivity index is 1.54. The second-order valence-electron chi connectivity index (χ2n) is 5.40. The second-order valence-corrected chi connectivity index (χ2v) is 5.40. The second kappa shape index (κ2) is 3.78. The normalized spacial score (nSPS) is 40.2. The van der Waals surface area contributed by atoms with Crippen LogP contribution in [0.15, 0.2) is 4.52 Å². The Morgan fingerprint density at radius 3 is 2.94 bits per heavy atom. The molecule has 5 nitrogen and oxygen atoms in total. The van der Waals surface area contributed by atoms with Crippen molar-refractivity contribution in [3.63, 3.8) is 0 Å². The van der Waals surface area contributed by atoms with Crippen molar-refractivity contribution in [3.8, 4) is 0 Å². The highest BCUT2D eigenvalue weighted by atomic mass is 16.5. The SMILES string of the molecule is C1CC(c2nc(C3CC4CCC3O4)no2)CN1. The fourth-order valence-corrected chi connectivity index (χ4v) is 3.34. The first-order valence-electron chi connectivity index (χ1n) is 6.60. The number of fused-ring (bicyclic) bond motifs is 2. The highest BCUT2D eigenvalue weighted by Crippen LogP contribution is 2.43. The monoisotopic (exact) mass is 235 g/mol. The number of nitrogens with zero attached hydrogens (tertiary/aromatic N) is 2. The molecule has 3 saturated heterocycles. The molecule has 0 aromatic carbocycles. The summed E-state index contributed by atoms with van der Waals surface area (Å²) >= 11 is 0. The van der Waals surface area contributed by atoms with Crippen LogP contribution in [-0.2, 0) is 4.74 Å². The van der Waals surface area contributed by atoms with Crippen molar-refractivity contribution in [3.05, 3.63) is 11.7 Å². The summed E-state index contributed by atoms with van der Waals surface area (Å²) in [7, 11) is 0. The molecule has 3 aliphatic rings. The van der Waals surface area contributed by atoms with Crippen LogP contribution in [0, 0.1) is 0 Å². The van der Waals surface area contributed by atoms with Crippen molar-refractivity contribution in [2.45, 2.75) is 49.7 Å². The molecule has 17 heavy (non-hydrogen) atoms. The zero-order valence-electron chi connectivity index (χ0n) is 9.76. The third-order valence-corrected chi connectivity index (χ3v) is 4.30. The first-order valence-corrected chi connectivity index (χ1v) is 6.60. The van der Waals surface area contributed by atoms with E-state index in [1.54, 1.807) is 0 Å². The summed E-state index contributed by atoms with van der Waals surface area (Å²) in [5.74, 6) is 2.48. The lowest BCUT2D eigenvalue weighted by Gasteiger charge is -2.13. The molecule has 0 amide bonds. The van der Waals surface area contributed by atoms with Crippen LogP contribution in [-0.4, -0.2) is 35.4 Å². The molecule has 0 saturated carbocycles. The van der Waals surface area contributed by atoms with Gasteiger partial charge in [-0.2, -0.15) is 4.98 Å². The number of hydrogen-bond donors (Lipinski definition) is 1. The summed E-state index contributed by atoms with van der Waals surface area (Å²) < 4.78 is 11.3. The quantitative estimate of drug-likeness (QED) is 0.834. The van der Waals surface area contributed by atoms with E-state index >= 15 is 0 Å². The molecule has 2 bridgehead atoms. The molecule has 1 aromatic heterocycles. The van der Waals surface area contributed by atoms with E-state index in [9.17, 15) is 0 Å².